The molecule has 1 fully saturated rings. The fourth-order valence-corrected chi connectivity index (χ4v) is 4.76. The summed E-state index contributed by atoms with van der Waals surface area (Å²) >= 11 is 5.53. The molecule has 3 atom stereocenters. The smallest absolute Gasteiger partial charge is 0.0176 e. The molecule has 1 aromatic rings. The van der Waals surface area contributed by atoms with Crippen LogP contribution in [0.2, 0.25) is 0 Å². The average molecular weight is 356 g/mol. The minimum atomic E-state index is 0.415. The van der Waals surface area contributed by atoms with Gasteiger partial charge in [-0.15, -0.1) is 11.8 Å². The predicted molar refractivity (Wildman–Crippen MR) is 93.1 cm³/mol. The van der Waals surface area contributed by atoms with E-state index < -0.39 is 0 Å². The fourth-order valence-electron chi connectivity index (χ4n) is 3.08. The summed E-state index contributed by atoms with van der Waals surface area (Å²) in [5.74, 6) is 1.49. The highest BCUT2D eigenvalue weighted by Gasteiger charge is 2.35. The lowest BCUT2D eigenvalue weighted by Gasteiger charge is -2.41. The van der Waals surface area contributed by atoms with Crippen LogP contribution >= 0.6 is 27.7 Å². The van der Waals surface area contributed by atoms with Crippen molar-refractivity contribution in [2.75, 3.05) is 6.54 Å². The highest BCUT2D eigenvalue weighted by atomic mass is 79.9. The molecule has 0 aromatic heterocycles. The maximum absolute atomic E-state index is 6.01. The molecule has 0 amide bonds. The van der Waals surface area contributed by atoms with E-state index in [1.807, 2.05) is 11.8 Å². The van der Waals surface area contributed by atoms with Gasteiger partial charge in [0.05, 0.1) is 0 Å². The van der Waals surface area contributed by atoms with E-state index in [1.165, 1.54) is 24.2 Å². The molecule has 1 aromatic carbocycles. The van der Waals surface area contributed by atoms with Crippen LogP contribution in [0.1, 0.15) is 40.0 Å². The van der Waals surface area contributed by atoms with Gasteiger partial charge in [-0.3, -0.25) is 0 Å². The van der Waals surface area contributed by atoms with Gasteiger partial charge in [0.25, 0.3) is 0 Å². The Morgan fingerprint density at radius 2 is 1.85 bits per heavy atom. The first kappa shape index (κ1) is 16.4. The van der Waals surface area contributed by atoms with Gasteiger partial charge < -0.3 is 5.73 Å². The standard InChI is InChI=1S/C17H26BrNS/c1-17(2,3)13-5-4-12(11-19)16(10-13)20-15-8-6-14(18)7-9-15/h6-9,12-13,16H,4-5,10-11,19H2,1-3H3. The van der Waals surface area contributed by atoms with E-state index in [0.717, 1.165) is 16.9 Å². The van der Waals surface area contributed by atoms with Crippen LogP contribution in [0, 0.1) is 17.3 Å². The van der Waals surface area contributed by atoms with Crippen molar-refractivity contribution in [2.45, 2.75) is 50.2 Å². The SMILES string of the molecule is CC(C)(C)C1CCC(CN)C(Sc2ccc(Br)cc2)C1. The summed E-state index contributed by atoms with van der Waals surface area (Å²) in [5.41, 5.74) is 6.42. The van der Waals surface area contributed by atoms with E-state index >= 15 is 0 Å². The zero-order valence-electron chi connectivity index (χ0n) is 12.7. The molecular weight excluding hydrogens is 330 g/mol. The summed E-state index contributed by atoms with van der Waals surface area (Å²) < 4.78 is 1.15. The van der Waals surface area contributed by atoms with E-state index in [2.05, 4.69) is 61.0 Å². The first-order valence-corrected chi connectivity index (χ1v) is 9.19. The average Bonchev–Trinajstić information content (AvgIpc) is 2.40. The summed E-state index contributed by atoms with van der Waals surface area (Å²) in [6.07, 6.45) is 3.92. The molecule has 2 rings (SSSR count). The Balaban J connectivity index is 2.07. The molecule has 1 aliphatic carbocycles. The second-order valence-corrected chi connectivity index (χ2v) is 9.21. The maximum atomic E-state index is 6.01. The van der Waals surface area contributed by atoms with Crippen LogP contribution in [0.3, 0.4) is 0 Å². The minimum absolute atomic E-state index is 0.415. The highest BCUT2D eigenvalue weighted by Crippen LogP contribution is 2.45. The number of nitrogens with two attached hydrogens (primary N) is 1. The van der Waals surface area contributed by atoms with E-state index in [0.29, 0.717) is 16.6 Å². The van der Waals surface area contributed by atoms with Crippen LogP contribution in [0.15, 0.2) is 33.6 Å². The third-order valence-corrected chi connectivity index (χ3v) is 6.51. The van der Waals surface area contributed by atoms with Crippen molar-refractivity contribution in [3.63, 3.8) is 0 Å². The number of halogens is 1. The van der Waals surface area contributed by atoms with Crippen LogP contribution in [0.4, 0.5) is 0 Å². The van der Waals surface area contributed by atoms with E-state index in [9.17, 15) is 0 Å². The molecule has 0 radical (unpaired) electrons. The lowest BCUT2D eigenvalue weighted by Crippen LogP contribution is -2.36. The monoisotopic (exact) mass is 355 g/mol. The molecule has 0 heterocycles. The van der Waals surface area contributed by atoms with Gasteiger partial charge in [0.1, 0.15) is 0 Å². The number of rotatable bonds is 3. The Labute approximate surface area is 136 Å². The van der Waals surface area contributed by atoms with Gasteiger partial charge in [-0.25, -0.2) is 0 Å². The minimum Gasteiger partial charge on any atom is -0.330 e. The van der Waals surface area contributed by atoms with Gasteiger partial charge in [-0.05, 0) is 67.3 Å². The van der Waals surface area contributed by atoms with Crippen LogP contribution in [-0.4, -0.2) is 11.8 Å². The molecule has 3 heteroatoms. The zero-order chi connectivity index (χ0) is 14.8. The molecule has 0 spiro atoms. The summed E-state index contributed by atoms with van der Waals surface area (Å²) in [7, 11) is 0. The van der Waals surface area contributed by atoms with Gasteiger partial charge in [0.2, 0.25) is 0 Å². The predicted octanol–water partition coefficient (Wildman–Crippen LogP) is 5.33. The lowest BCUT2D eigenvalue weighted by atomic mass is 9.69. The molecule has 3 unspecified atom stereocenters. The van der Waals surface area contributed by atoms with Gasteiger partial charge in [-0.1, -0.05) is 36.7 Å². The van der Waals surface area contributed by atoms with Crippen molar-refractivity contribution in [1.29, 1.82) is 0 Å². The second-order valence-electron chi connectivity index (χ2n) is 6.98. The molecule has 0 aliphatic heterocycles. The van der Waals surface area contributed by atoms with Gasteiger partial charge in [0.15, 0.2) is 0 Å². The fraction of sp³-hybridized carbons (Fsp3) is 0.647. The quantitative estimate of drug-likeness (QED) is 0.792. The summed E-state index contributed by atoms with van der Waals surface area (Å²) in [6.45, 7) is 7.95. The largest absolute Gasteiger partial charge is 0.330 e. The molecule has 0 saturated heterocycles. The maximum Gasteiger partial charge on any atom is 0.0176 e. The lowest BCUT2D eigenvalue weighted by molar-refractivity contribution is 0.157. The molecule has 1 saturated carbocycles. The number of thioether (sulfide) groups is 1. The molecule has 112 valence electrons. The van der Waals surface area contributed by atoms with Gasteiger partial charge in [0, 0.05) is 14.6 Å². The van der Waals surface area contributed by atoms with E-state index in [-0.39, 0.29) is 0 Å². The molecular formula is C17H26BrNS. The molecule has 1 nitrogen and oxygen atoms in total. The van der Waals surface area contributed by atoms with Crippen LogP contribution in [0.25, 0.3) is 0 Å². The first-order valence-electron chi connectivity index (χ1n) is 7.52. The molecule has 0 bridgehead atoms. The Bertz CT molecular complexity index is 424. The number of hydrogen-bond acceptors (Lipinski definition) is 2. The van der Waals surface area contributed by atoms with Gasteiger partial charge >= 0.3 is 0 Å². The normalized spacial score (nSPS) is 27.6. The molecule has 2 N–H and O–H groups in total. The van der Waals surface area contributed by atoms with Gasteiger partial charge in [-0.2, -0.15) is 0 Å². The van der Waals surface area contributed by atoms with Crippen molar-refractivity contribution >= 4 is 27.7 Å². The Morgan fingerprint density at radius 3 is 2.40 bits per heavy atom. The second kappa shape index (κ2) is 6.85. The van der Waals surface area contributed by atoms with E-state index in [4.69, 9.17) is 5.73 Å². The van der Waals surface area contributed by atoms with Crippen molar-refractivity contribution < 1.29 is 0 Å². The van der Waals surface area contributed by atoms with Crippen molar-refractivity contribution in [3.05, 3.63) is 28.7 Å². The third kappa shape index (κ3) is 4.25. The molecule has 20 heavy (non-hydrogen) atoms. The van der Waals surface area contributed by atoms with Crippen molar-refractivity contribution in [1.82, 2.24) is 0 Å². The molecule has 1 aliphatic rings. The topological polar surface area (TPSA) is 26.0 Å². The summed E-state index contributed by atoms with van der Waals surface area (Å²) in [4.78, 5) is 1.37. The Hall–Kier alpha value is 0.01000. The summed E-state index contributed by atoms with van der Waals surface area (Å²) in [5, 5.41) is 0.666. The highest BCUT2D eigenvalue weighted by molar-refractivity contribution is 9.10. The first-order chi connectivity index (χ1) is 9.40. The van der Waals surface area contributed by atoms with E-state index in [1.54, 1.807) is 0 Å². The van der Waals surface area contributed by atoms with Crippen LogP contribution < -0.4 is 5.73 Å². The van der Waals surface area contributed by atoms with Crippen molar-refractivity contribution in [2.24, 2.45) is 23.0 Å². The number of hydrogen-bond donors (Lipinski definition) is 1. The Morgan fingerprint density at radius 1 is 1.20 bits per heavy atom. The summed E-state index contributed by atoms with van der Waals surface area (Å²) in [6, 6.07) is 8.68. The van der Waals surface area contributed by atoms with Crippen LogP contribution in [0.5, 0.6) is 0 Å². The zero-order valence-corrected chi connectivity index (χ0v) is 15.1. The third-order valence-electron chi connectivity index (χ3n) is 4.56. The Kier molecular flexibility index (Phi) is 5.61. The number of benzene rings is 1. The van der Waals surface area contributed by atoms with Crippen molar-refractivity contribution in [3.8, 4) is 0 Å². The van der Waals surface area contributed by atoms with Crippen LogP contribution in [-0.2, 0) is 0 Å².